The van der Waals surface area contributed by atoms with Crippen LogP contribution in [-0.4, -0.2) is 17.4 Å². The molecule has 0 N–H and O–H groups in total. The predicted octanol–water partition coefficient (Wildman–Crippen LogP) is 3.93. The van der Waals surface area contributed by atoms with Gasteiger partial charge in [0.05, 0.1) is 6.04 Å². The number of carbonyl (C=O) groups is 1. The summed E-state index contributed by atoms with van der Waals surface area (Å²) in [6, 6.07) is 10.8. The third-order valence-electron chi connectivity index (χ3n) is 4.70. The van der Waals surface area contributed by atoms with Gasteiger partial charge in [0.2, 0.25) is 5.91 Å². The second-order valence-corrected chi connectivity index (χ2v) is 6.01. The molecule has 1 aliphatic carbocycles. The molecule has 1 saturated carbocycles. The second kappa shape index (κ2) is 5.77. The highest BCUT2D eigenvalue weighted by molar-refractivity contribution is 5.77. The topological polar surface area (TPSA) is 20.3 Å². The number of amides is 1. The fourth-order valence-corrected chi connectivity index (χ4v) is 3.67. The molecule has 1 saturated heterocycles. The molecular weight excluding hydrogens is 234 g/mol. The third-order valence-corrected chi connectivity index (χ3v) is 4.70. The Kier molecular flexibility index (Phi) is 3.86. The molecule has 2 nitrogen and oxygen atoms in total. The van der Waals surface area contributed by atoms with Crippen molar-refractivity contribution in [3.8, 4) is 0 Å². The van der Waals surface area contributed by atoms with Gasteiger partial charge in [0.25, 0.3) is 0 Å². The third kappa shape index (κ3) is 2.83. The fraction of sp³-hybridized carbons (Fsp3) is 0.588. The molecule has 2 heteroatoms. The van der Waals surface area contributed by atoms with Crippen LogP contribution in [0, 0.1) is 5.92 Å². The van der Waals surface area contributed by atoms with Gasteiger partial charge in [0, 0.05) is 13.0 Å². The average Bonchev–Trinajstić information content (AvgIpc) is 3.10. The SMILES string of the molecule is O=C(CC1CCCC1)N1CCCC1c1ccccc1. The van der Waals surface area contributed by atoms with E-state index in [9.17, 15) is 4.79 Å². The molecule has 0 radical (unpaired) electrons. The van der Waals surface area contributed by atoms with Crippen molar-refractivity contribution >= 4 is 5.91 Å². The number of carbonyl (C=O) groups excluding carboxylic acids is 1. The Labute approximate surface area is 115 Å². The molecule has 1 aliphatic heterocycles. The van der Waals surface area contributed by atoms with E-state index in [0.29, 0.717) is 17.9 Å². The predicted molar refractivity (Wildman–Crippen MR) is 76.7 cm³/mol. The number of hydrogen-bond donors (Lipinski definition) is 0. The minimum absolute atomic E-state index is 0.329. The van der Waals surface area contributed by atoms with Gasteiger partial charge in [-0.15, -0.1) is 0 Å². The summed E-state index contributed by atoms with van der Waals surface area (Å²) in [6.45, 7) is 0.950. The van der Waals surface area contributed by atoms with Crippen LogP contribution in [0.2, 0.25) is 0 Å². The van der Waals surface area contributed by atoms with Gasteiger partial charge in [-0.1, -0.05) is 43.2 Å². The van der Waals surface area contributed by atoms with Crippen LogP contribution in [0.25, 0.3) is 0 Å². The van der Waals surface area contributed by atoms with Gasteiger partial charge in [-0.3, -0.25) is 4.79 Å². The van der Waals surface area contributed by atoms with Crippen molar-refractivity contribution in [3.05, 3.63) is 35.9 Å². The van der Waals surface area contributed by atoms with Gasteiger partial charge in [-0.2, -0.15) is 0 Å². The lowest BCUT2D eigenvalue weighted by molar-refractivity contribution is -0.133. The first kappa shape index (κ1) is 12.7. The molecule has 1 aromatic carbocycles. The van der Waals surface area contributed by atoms with Crippen molar-refractivity contribution in [3.63, 3.8) is 0 Å². The zero-order valence-electron chi connectivity index (χ0n) is 11.6. The van der Waals surface area contributed by atoms with Gasteiger partial charge >= 0.3 is 0 Å². The van der Waals surface area contributed by atoms with Gasteiger partial charge in [-0.25, -0.2) is 0 Å². The van der Waals surface area contributed by atoms with E-state index in [4.69, 9.17) is 0 Å². The number of likely N-dealkylation sites (tertiary alicyclic amines) is 1. The average molecular weight is 257 g/mol. The van der Waals surface area contributed by atoms with Crippen molar-refractivity contribution in [2.45, 2.75) is 51.0 Å². The van der Waals surface area contributed by atoms with Crippen molar-refractivity contribution in [2.75, 3.05) is 6.54 Å². The quantitative estimate of drug-likeness (QED) is 0.803. The van der Waals surface area contributed by atoms with E-state index >= 15 is 0 Å². The van der Waals surface area contributed by atoms with E-state index in [2.05, 4.69) is 29.2 Å². The standard InChI is InChI=1S/C17H23NO/c19-17(13-14-7-4-5-8-14)18-12-6-11-16(18)15-9-2-1-3-10-15/h1-3,9-10,14,16H,4-8,11-13H2. The molecule has 1 unspecified atom stereocenters. The molecule has 19 heavy (non-hydrogen) atoms. The number of rotatable bonds is 3. The van der Waals surface area contributed by atoms with E-state index in [1.165, 1.54) is 31.2 Å². The molecule has 2 aliphatic rings. The van der Waals surface area contributed by atoms with Gasteiger partial charge < -0.3 is 4.90 Å². The Morgan fingerprint density at radius 2 is 1.79 bits per heavy atom. The number of benzene rings is 1. The lowest BCUT2D eigenvalue weighted by atomic mass is 10.0. The molecule has 102 valence electrons. The summed E-state index contributed by atoms with van der Waals surface area (Å²) >= 11 is 0. The molecule has 1 aromatic rings. The summed E-state index contributed by atoms with van der Waals surface area (Å²) in [5.74, 6) is 1.04. The van der Waals surface area contributed by atoms with Crippen LogP contribution in [0.15, 0.2) is 30.3 Å². The maximum Gasteiger partial charge on any atom is 0.223 e. The lowest BCUT2D eigenvalue weighted by Gasteiger charge is -2.26. The highest BCUT2D eigenvalue weighted by Crippen LogP contribution is 2.34. The van der Waals surface area contributed by atoms with Crippen LogP contribution in [0.1, 0.15) is 56.6 Å². The van der Waals surface area contributed by atoms with E-state index in [-0.39, 0.29) is 0 Å². The largest absolute Gasteiger partial charge is 0.336 e. The highest BCUT2D eigenvalue weighted by Gasteiger charge is 2.31. The molecule has 2 fully saturated rings. The van der Waals surface area contributed by atoms with E-state index in [1.807, 2.05) is 6.07 Å². The van der Waals surface area contributed by atoms with Crippen LogP contribution in [-0.2, 0) is 4.79 Å². The molecule has 0 spiro atoms. The Bertz CT molecular complexity index is 422. The minimum Gasteiger partial charge on any atom is -0.336 e. The molecule has 0 aromatic heterocycles. The summed E-state index contributed by atoms with van der Waals surface area (Å²) < 4.78 is 0. The Hall–Kier alpha value is -1.31. The highest BCUT2D eigenvalue weighted by atomic mass is 16.2. The Morgan fingerprint density at radius 1 is 1.05 bits per heavy atom. The number of nitrogens with zero attached hydrogens (tertiary/aromatic N) is 1. The Morgan fingerprint density at radius 3 is 2.53 bits per heavy atom. The first-order valence-corrected chi connectivity index (χ1v) is 7.69. The summed E-state index contributed by atoms with van der Waals surface area (Å²) in [5, 5.41) is 0. The molecule has 0 bridgehead atoms. The van der Waals surface area contributed by atoms with Crippen molar-refractivity contribution in [1.82, 2.24) is 4.90 Å². The molecular formula is C17H23NO. The summed E-state index contributed by atoms with van der Waals surface area (Å²) in [5.41, 5.74) is 1.31. The van der Waals surface area contributed by atoms with Crippen molar-refractivity contribution < 1.29 is 4.79 Å². The molecule has 3 rings (SSSR count). The summed E-state index contributed by atoms with van der Waals surface area (Å²) in [6.07, 6.45) is 8.21. The summed E-state index contributed by atoms with van der Waals surface area (Å²) in [7, 11) is 0. The van der Waals surface area contributed by atoms with Crippen LogP contribution >= 0.6 is 0 Å². The van der Waals surface area contributed by atoms with E-state index < -0.39 is 0 Å². The molecule has 1 amide bonds. The second-order valence-electron chi connectivity index (χ2n) is 6.01. The van der Waals surface area contributed by atoms with Crippen LogP contribution in [0.5, 0.6) is 0 Å². The van der Waals surface area contributed by atoms with Gasteiger partial charge in [0.15, 0.2) is 0 Å². The van der Waals surface area contributed by atoms with Crippen LogP contribution < -0.4 is 0 Å². The van der Waals surface area contributed by atoms with Gasteiger partial charge in [0.1, 0.15) is 0 Å². The van der Waals surface area contributed by atoms with Crippen molar-refractivity contribution in [1.29, 1.82) is 0 Å². The lowest BCUT2D eigenvalue weighted by Crippen LogP contribution is -2.31. The first-order chi connectivity index (χ1) is 9.34. The molecule has 1 heterocycles. The van der Waals surface area contributed by atoms with Crippen molar-refractivity contribution in [2.24, 2.45) is 5.92 Å². The normalized spacial score (nSPS) is 24.0. The smallest absolute Gasteiger partial charge is 0.223 e. The van der Waals surface area contributed by atoms with Crippen LogP contribution in [0.3, 0.4) is 0 Å². The van der Waals surface area contributed by atoms with E-state index in [0.717, 1.165) is 25.8 Å². The Balaban J connectivity index is 1.67. The van der Waals surface area contributed by atoms with E-state index in [1.54, 1.807) is 0 Å². The molecule has 1 atom stereocenters. The van der Waals surface area contributed by atoms with Crippen LogP contribution in [0.4, 0.5) is 0 Å². The maximum absolute atomic E-state index is 12.5. The maximum atomic E-state index is 12.5. The monoisotopic (exact) mass is 257 g/mol. The number of hydrogen-bond acceptors (Lipinski definition) is 1. The fourth-order valence-electron chi connectivity index (χ4n) is 3.67. The van der Waals surface area contributed by atoms with Gasteiger partial charge in [-0.05, 0) is 37.2 Å². The minimum atomic E-state index is 0.329. The zero-order valence-corrected chi connectivity index (χ0v) is 11.6. The first-order valence-electron chi connectivity index (χ1n) is 7.69. The zero-order chi connectivity index (χ0) is 13.1. The summed E-state index contributed by atoms with van der Waals surface area (Å²) in [4.78, 5) is 14.6.